The molecule has 2 amide bonds. The predicted octanol–water partition coefficient (Wildman–Crippen LogP) is 3.41. The molecule has 0 bridgehead atoms. The molecule has 0 aromatic heterocycles. The van der Waals surface area contributed by atoms with Gasteiger partial charge < -0.3 is 20.1 Å². The van der Waals surface area contributed by atoms with Gasteiger partial charge in [-0.2, -0.15) is 0 Å². The number of carbonyl (C=O) groups is 2. The molecule has 168 valence electrons. The van der Waals surface area contributed by atoms with E-state index < -0.39 is 6.10 Å². The fourth-order valence-electron chi connectivity index (χ4n) is 3.37. The highest BCUT2D eigenvalue weighted by atomic mass is 16.5. The van der Waals surface area contributed by atoms with Crippen LogP contribution in [-0.2, 0) is 4.74 Å². The number of rotatable bonds is 13. The topological polar surface area (TPSA) is 78.9 Å². The Bertz CT molecular complexity index is 696. The summed E-state index contributed by atoms with van der Waals surface area (Å²) in [6.45, 7) is 10.7. The van der Waals surface area contributed by atoms with E-state index in [1.54, 1.807) is 12.1 Å². The maximum Gasteiger partial charge on any atom is 0.253 e. The number of aliphatic hydroxyl groups is 1. The van der Waals surface area contributed by atoms with E-state index in [9.17, 15) is 14.7 Å². The third-order valence-electron chi connectivity index (χ3n) is 5.44. The van der Waals surface area contributed by atoms with E-state index in [0.717, 1.165) is 18.4 Å². The van der Waals surface area contributed by atoms with Crippen molar-refractivity contribution in [1.82, 2.24) is 10.2 Å². The van der Waals surface area contributed by atoms with Crippen molar-refractivity contribution in [2.24, 2.45) is 11.8 Å². The molecule has 1 aliphatic rings. The molecule has 0 aliphatic heterocycles. The summed E-state index contributed by atoms with van der Waals surface area (Å²) in [4.78, 5) is 27.4. The first-order chi connectivity index (χ1) is 14.3. The van der Waals surface area contributed by atoms with Gasteiger partial charge in [-0.25, -0.2) is 0 Å². The third kappa shape index (κ3) is 7.73. The van der Waals surface area contributed by atoms with Crippen LogP contribution >= 0.6 is 0 Å². The lowest BCUT2D eigenvalue weighted by Gasteiger charge is -2.22. The highest BCUT2D eigenvalue weighted by molar-refractivity contribution is 6.00. The van der Waals surface area contributed by atoms with Crippen molar-refractivity contribution >= 4 is 11.8 Å². The van der Waals surface area contributed by atoms with E-state index in [2.05, 4.69) is 19.2 Å². The highest BCUT2D eigenvalue weighted by Crippen LogP contribution is 2.28. The number of hydrogen-bond acceptors (Lipinski definition) is 4. The monoisotopic (exact) mass is 418 g/mol. The standard InChI is InChI=1S/C24H38N2O4/c1-5-9-26(10-6-2)24(29)21-12-17(3)11-20(13-21)23(28)25-14-18(4)22(27)16-30-15-19-7-8-19/h11-13,18-19,22,27H,5-10,14-16H2,1-4H3,(H,25,28). The van der Waals surface area contributed by atoms with Crippen LogP contribution < -0.4 is 5.32 Å². The largest absolute Gasteiger partial charge is 0.390 e. The number of nitrogens with zero attached hydrogens (tertiary/aromatic N) is 1. The van der Waals surface area contributed by atoms with Gasteiger partial charge in [-0.15, -0.1) is 0 Å². The second-order valence-electron chi connectivity index (χ2n) is 8.62. The number of benzene rings is 1. The third-order valence-corrected chi connectivity index (χ3v) is 5.44. The molecule has 30 heavy (non-hydrogen) atoms. The van der Waals surface area contributed by atoms with E-state index in [4.69, 9.17) is 4.74 Å². The van der Waals surface area contributed by atoms with Crippen LogP contribution in [0.25, 0.3) is 0 Å². The van der Waals surface area contributed by atoms with E-state index >= 15 is 0 Å². The Balaban J connectivity index is 1.93. The number of aliphatic hydroxyl groups excluding tert-OH is 1. The molecule has 2 N–H and O–H groups in total. The molecule has 0 spiro atoms. The van der Waals surface area contributed by atoms with Crippen molar-refractivity contribution in [3.05, 3.63) is 34.9 Å². The average Bonchev–Trinajstić information content (AvgIpc) is 3.54. The summed E-state index contributed by atoms with van der Waals surface area (Å²) < 4.78 is 5.55. The van der Waals surface area contributed by atoms with Gasteiger partial charge in [0.1, 0.15) is 0 Å². The fourth-order valence-corrected chi connectivity index (χ4v) is 3.37. The van der Waals surface area contributed by atoms with Gasteiger partial charge in [0.2, 0.25) is 0 Å². The lowest BCUT2D eigenvalue weighted by Crippen LogP contribution is -2.36. The van der Waals surface area contributed by atoms with Crippen LogP contribution in [-0.4, -0.2) is 60.8 Å². The van der Waals surface area contributed by atoms with E-state index in [-0.39, 0.29) is 17.7 Å². The summed E-state index contributed by atoms with van der Waals surface area (Å²) in [7, 11) is 0. The molecule has 2 unspecified atom stereocenters. The molecule has 6 nitrogen and oxygen atoms in total. The highest BCUT2D eigenvalue weighted by Gasteiger charge is 2.23. The van der Waals surface area contributed by atoms with Gasteiger partial charge in [-0.1, -0.05) is 20.8 Å². The fraction of sp³-hybridized carbons (Fsp3) is 0.667. The molecule has 0 saturated heterocycles. The second-order valence-corrected chi connectivity index (χ2v) is 8.62. The lowest BCUT2D eigenvalue weighted by atomic mass is 10.0. The van der Waals surface area contributed by atoms with Gasteiger partial charge in [0, 0.05) is 43.3 Å². The minimum absolute atomic E-state index is 0.0342. The first kappa shape index (κ1) is 24.4. The van der Waals surface area contributed by atoms with Crippen molar-refractivity contribution < 1.29 is 19.4 Å². The van der Waals surface area contributed by atoms with E-state index in [0.29, 0.717) is 49.9 Å². The molecule has 2 atom stereocenters. The Morgan fingerprint density at radius 3 is 2.40 bits per heavy atom. The number of amides is 2. The first-order valence-electron chi connectivity index (χ1n) is 11.3. The zero-order chi connectivity index (χ0) is 22.1. The summed E-state index contributed by atoms with van der Waals surface area (Å²) in [5.74, 6) is 0.274. The zero-order valence-corrected chi connectivity index (χ0v) is 18.9. The van der Waals surface area contributed by atoms with Crippen molar-refractivity contribution in [2.45, 2.75) is 59.5 Å². The predicted molar refractivity (Wildman–Crippen MR) is 119 cm³/mol. The van der Waals surface area contributed by atoms with Gasteiger partial charge >= 0.3 is 0 Å². The number of aryl methyl sites for hydroxylation is 1. The SMILES string of the molecule is CCCN(CCC)C(=O)c1cc(C)cc(C(=O)NCC(C)C(O)COCC2CC2)c1. The van der Waals surface area contributed by atoms with Crippen LogP contribution in [0.1, 0.15) is 72.7 Å². The molecule has 0 heterocycles. The van der Waals surface area contributed by atoms with Gasteiger partial charge in [0.15, 0.2) is 0 Å². The number of carbonyl (C=O) groups excluding carboxylic acids is 2. The van der Waals surface area contributed by atoms with Crippen LogP contribution in [0.15, 0.2) is 18.2 Å². The summed E-state index contributed by atoms with van der Waals surface area (Å²) in [5.41, 5.74) is 1.89. The lowest BCUT2D eigenvalue weighted by molar-refractivity contribution is 0.00586. The molecule has 0 radical (unpaired) electrons. The Hall–Kier alpha value is -1.92. The van der Waals surface area contributed by atoms with Crippen LogP contribution in [0.4, 0.5) is 0 Å². The molecule has 6 heteroatoms. The summed E-state index contributed by atoms with van der Waals surface area (Å²) in [6, 6.07) is 5.29. The molecule has 1 aromatic carbocycles. The Kier molecular flexibility index (Phi) is 9.79. The van der Waals surface area contributed by atoms with Crippen LogP contribution in [0, 0.1) is 18.8 Å². The van der Waals surface area contributed by atoms with Crippen LogP contribution in [0.5, 0.6) is 0 Å². The van der Waals surface area contributed by atoms with Crippen LogP contribution in [0.3, 0.4) is 0 Å². The van der Waals surface area contributed by atoms with E-state index in [1.165, 1.54) is 12.8 Å². The molecule has 1 aromatic rings. The Morgan fingerprint density at radius 2 is 1.80 bits per heavy atom. The van der Waals surface area contributed by atoms with Crippen molar-refractivity contribution in [2.75, 3.05) is 32.8 Å². The van der Waals surface area contributed by atoms with Gasteiger partial charge in [0.05, 0.1) is 12.7 Å². The smallest absolute Gasteiger partial charge is 0.253 e. The molecule has 1 aliphatic carbocycles. The number of hydrogen-bond donors (Lipinski definition) is 2. The normalized spacial score (nSPS) is 15.5. The molecule has 1 fully saturated rings. The Morgan fingerprint density at radius 1 is 1.17 bits per heavy atom. The van der Waals surface area contributed by atoms with Crippen molar-refractivity contribution in [1.29, 1.82) is 0 Å². The zero-order valence-electron chi connectivity index (χ0n) is 18.9. The number of ether oxygens (including phenoxy) is 1. The van der Waals surface area contributed by atoms with Gasteiger partial charge in [-0.3, -0.25) is 9.59 Å². The molecular weight excluding hydrogens is 380 g/mol. The summed E-state index contributed by atoms with van der Waals surface area (Å²) in [6.07, 6.45) is 3.62. The van der Waals surface area contributed by atoms with Crippen LogP contribution in [0.2, 0.25) is 0 Å². The van der Waals surface area contributed by atoms with Crippen molar-refractivity contribution in [3.63, 3.8) is 0 Å². The molecule has 1 saturated carbocycles. The molecule has 2 rings (SSSR count). The quantitative estimate of drug-likeness (QED) is 0.515. The minimum atomic E-state index is -0.615. The Labute approximate surface area is 181 Å². The maximum atomic E-state index is 12.9. The maximum absolute atomic E-state index is 12.9. The summed E-state index contributed by atoms with van der Waals surface area (Å²) in [5, 5.41) is 13.1. The average molecular weight is 419 g/mol. The molecular formula is C24H38N2O4. The minimum Gasteiger partial charge on any atom is -0.390 e. The van der Waals surface area contributed by atoms with Gasteiger partial charge in [-0.05, 0) is 62.3 Å². The van der Waals surface area contributed by atoms with Gasteiger partial charge in [0.25, 0.3) is 11.8 Å². The van der Waals surface area contributed by atoms with Crippen molar-refractivity contribution in [3.8, 4) is 0 Å². The summed E-state index contributed by atoms with van der Waals surface area (Å²) >= 11 is 0. The number of nitrogens with one attached hydrogen (secondary N) is 1. The first-order valence-corrected chi connectivity index (χ1v) is 11.3. The van der Waals surface area contributed by atoms with E-state index in [1.807, 2.05) is 24.8 Å². The second kappa shape index (κ2) is 12.1.